The van der Waals surface area contributed by atoms with E-state index in [0.717, 1.165) is 6.07 Å². The Morgan fingerprint density at radius 1 is 1.41 bits per heavy atom. The average Bonchev–Trinajstić information content (AvgIpc) is 2.12. The van der Waals surface area contributed by atoms with Gasteiger partial charge in [-0.05, 0) is 34.2 Å². The zero-order chi connectivity index (χ0) is 13.2. The van der Waals surface area contributed by atoms with Gasteiger partial charge in [0.05, 0.1) is 0 Å². The molecule has 0 radical (unpaired) electrons. The van der Waals surface area contributed by atoms with E-state index in [1.54, 1.807) is 4.83 Å². The normalized spacial score (nSPS) is 11.2. The average molecular weight is 346 g/mol. The Morgan fingerprint density at radius 3 is 2.47 bits per heavy atom. The van der Waals surface area contributed by atoms with Crippen LogP contribution in [-0.4, -0.2) is 13.5 Å². The summed E-state index contributed by atoms with van der Waals surface area (Å²) >= 11 is 7.12. The number of rotatable bonds is 3. The number of hydrogen-bond donors (Lipinski definition) is 3. The Morgan fingerprint density at radius 2 is 2.00 bits per heavy atom. The molecular weight excluding hydrogens is 340 g/mol. The van der Waals surface area contributed by atoms with Gasteiger partial charge in [-0.3, -0.25) is 5.43 Å². The molecule has 5 nitrogen and oxygen atoms in total. The van der Waals surface area contributed by atoms with Crippen molar-refractivity contribution >= 4 is 43.3 Å². The standard InChI is InChI=1S/C7H6BrF2N3O2S2/c8-4-1-3(9)2-5(10)6(4)17(14,15)13-12-7(11)16/h1-2,13H,(H3,11,12,16). The minimum absolute atomic E-state index is 0.257. The van der Waals surface area contributed by atoms with Crippen molar-refractivity contribution in [1.29, 1.82) is 0 Å². The van der Waals surface area contributed by atoms with Crippen LogP contribution < -0.4 is 16.0 Å². The molecule has 94 valence electrons. The first-order chi connectivity index (χ1) is 7.74. The van der Waals surface area contributed by atoms with Gasteiger partial charge in [0, 0.05) is 10.5 Å². The number of hydrogen-bond acceptors (Lipinski definition) is 3. The van der Waals surface area contributed by atoms with Crippen LogP contribution in [0.5, 0.6) is 0 Å². The molecule has 0 fully saturated rings. The molecule has 0 aliphatic heterocycles. The summed E-state index contributed by atoms with van der Waals surface area (Å²) in [6.07, 6.45) is 0. The first-order valence-corrected chi connectivity index (χ1v) is 6.64. The molecule has 0 heterocycles. The van der Waals surface area contributed by atoms with Gasteiger partial charge in [-0.25, -0.2) is 17.2 Å². The van der Waals surface area contributed by atoms with E-state index in [4.69, 9.17) is 5.73 Å². The quantitative estimate of drug-likeness (QED) is 0.556. The number of nitrogens with two attached hydrogens (primary N) is 1. The van der Waals surface area contributed by atoms with Crippen molar-refractivity contribution in [2.75, 3.05) is 0 Å². The van der Waals surface area contributed by atoms with Gasteiger partial charge in [0.15, 0.2) is 5.11 Å². The summed E-state index contributed by atoms with van der Waals surface area (Å²) in [6, 6.07) is 1.26. The van der Waals surface area contributed by atoms with Crippen LogP contribution in [0.15, 0.2) is 21.5 Å². The molecule has 17 heavy (non-hydrogen) atoms. The van der Waals surface area contributed by atoms with Crippen LogP contribution >= 0.6 is 28.1 Å². The van der Waals surface area contributed by atoms with Crippen molar-refractivity contribution in [3.63, 3.8) is 0 Å². The maximum absolute atomic E-state index is 13.4. The molecule has 0 saturated carbocycles. The molecule has 0 atom stereocenters. The van der Waals surface area contributed by atoms with Gasteiger partial charge < -0.3 is 5.73 Å². The largest absolute Gasteiger partial charge is 0.375 e. The fourth-order valence-electron chi connectivity index (χ4n) is 0.954. The van der Waals surface area contributed by atoms with E-state index in [1.165, 1.54) is 0 Å². The molecule has 0 aliphatic rings. The second-order valence-electron chi connectivity index (χ2n) is 2.79. The predicted molar refractivity (Wildman–Crippen MR) is 64.3 cm³/mol. The van der Waals surface area contributed by atoms with Crippen molar-refractivity contribution in [2.45, 2.75) is 4.90 Å². The number of thiocarbonyl (C=S) groups is 1. The van der Waals surface area contributed by atoms with Crippen LogP contribution in [0.4, 0.5) is 8.78 Å². The minimum atomic E-state index is -4.25. The lowest BCUT2D eigenvalue weighted by Crippen LogP contribution is -2.44. The van der Waals surface area contributed by atoms with Crippen LogP contribution in [-0.2, 0) is 10.0 Å². The van der Waals surface area contributed by atoms with Gasteiger partial charge >= 0.3 is 0 Å². The Hall–Kier alpha value is -0.840. The number of halogens is 3. The Bertz CT molecular complexity index is 541. The summed E-state index contributed by atoms with van der Waals surface area (Å²) < 4.78 is 49.1. The van der Waals surface area contributed by atoms with Gasteiger partial charge in [-0.1, -0.05) is 0 Å². The lowest BCUT2D eigenvalue weighted by atomic mass is 10.3. The van der Waals surface area contributed by atoms with Crippen LogP contribution in [0.1, 0.15) is 0 Å². The first-order valence-electron chi connectivity index (χ1n) is 3.96. The van der Waals surface area contributed by atoms with Crippen LogP contribution in [0, 0.1) is 11.6 Å². The summed E-state index contributed by atoms with van der Waals surface area (Å²) in [5, 5.41) is -0.341. The second kappa shape index (κ2) is 5.21. The van der Waals surface area contributed by atoms with Crippen LogP contribution in [0.3, 0.4) is 0 Å². The number of hydrazine groups is 1. The van der Waals surface area contributed by atoms with Gasteiger partial charge in [-0.2, -0.15) is 0 Å². The highest BCUT2D eigenvalue weighted by molar-refractivity contribution is 9.10. The van der Waals surface area contributed by atoms with E-state index in [1.807, 2.05) is 5.43 Å². The van der Waals surface area contributed by atoms with Gasteiger partial charge in [0.1, 0.15) is 16.5 Å². The fourth-order valence-corrected chi connectivity index (χ4v) is 3.09. The van der Waals surface area contributed by atoms with E-state index in [9.17, 15) is 17.2 Å². The Labute approximate surface area is 110 Å². The predicted octanol–water partition coefficient (Wildman–Crippen LogP) is 0.754. The highest BCUT2D eigenvalue weighted by atomic mass is 79.9. The van der Waals surface area contributed by atoms with Crippen molar-refractivity contribution < 1.29 is 17.2 Å². The monoisotopic (exact) mass is 345 g/mol. The van der Waals surface area contributed by atoms with E-state index in [2.05, 4.69) is 28.1 Å². The molecule has 4 N–H and O–H groups in total. The molecule has 10 heteroatoms. The fraction of sp³-hybridized carbons (Fsp3) is 0. The first kappa shape index (κ1) is 14.2. The Balaban J connectivity index is 3.20. The van der Waals surface area contributed by atoms with Crippen molar-refractivity contribution in [2.24, 2.45) is 5.73 Å². The summed E-state index contributed by atoms with van der Waals surface area (Å²) in [4.78, 5) is 0.992. The van der Waals surface area contributed by atoms with Crippen LogP contribution in [0.25, 0.3) is 0 Å². The van der Waals surface area contributed by atoms with Gasteiger partial charge in [-0.15, -0.1) is 4.83 Å². The lowest BCUT2D eigenvalue weighted by Gasteiger charge is -2.10. The smallest absolute Gasteiger partial charge is 0.261 e. The van der Waals surface area contributed by atoms with Crippen LogP contribution in [0.2, 0.25) is 0 Å². The highest BCUT2D eigenvalue weighted by Crippen LogP contribution is 2.25. The minimum Gasteiger partial charge on any atom is -0.375 e. The maximum Gasteiger partial charge on any atom is 0.261 e. The summed E-state index contributed by atoms with van der Waals surface area (Å²) in [5.74, 6) is -2.15. The topological polar surface area (TPSA) is 84.2 Å². The molecule has 0 aliphatic carbocycles. The number of benzene rings is 1. The Kier molecular flexibility index (Phi) is 4.36. The third-order valence-corrected chi connectivity index (χ3v) is 3.85. The van der Waals surface area contributed by atoms with Crippen molar-refractivity contribution in [3.8, 4) is 0 Å². The molecule has 0 unspecified atom stereocenters. The molecular formula is C7H6BrF2N3O2S2. The molecule has 0 spiro atoms. The molecule has 1 aromatic carbocycles. The van der Waals surface area contributed by atoms with Crippen molar-refractivity contribution in [1.82, 2.24) is 10.3 Å². The van der Waals surface area contributed by atoms with E-state index < -0.39 is 26.6 Å². The third kappa shape index (κ3) is 3.56. The van der Waals surface area contributed by atoms with E-state index >= 15 is 0 Å². The summed E-state index contributed by atoms with van der Waals surface area (Å²) in [5.41, 5.74) is 6.95. The SMILES string of the molecule is NC(=S)NNS(=O)(=O)c1c(F)cc(F)cc1Br. The molecule has 1 rings (SSSR count). The molecule has 0 bridgehead atoms. The summed E-state index contributed by atoms with van der Waals surface area (Å²) in [7, 11) is -4.25. The van der Waals surface area contributed by atoms with E-state index in [-0.39, 0.29) is 9.59 Å². The van der Waals surface area contributed by atoms with Gasteiger partial charge in [0.2, 0.25) is 0 Å². The molecule has 1 aromatic rings. The molecule has 0 amide bonds. The van der Waals surface area contributed by atoms with E-state index in [0.29, 0.717) is 6.07 Å². The van der Waals surface area contributed by atoms with Gasteiger partial charge in [0.25, 0.3) is 10.0 Å². The summed E-state index contributed by atoms with van der Waals surface area (Å²) in [6.45, 7) is 0. The zero-order valence-electron chi connectivity index (χ0n) is 8.00. The molecule has 0 aromatic heterocycles. The lowest BCUT2D eigenvalue weighted by molar-refractivity contribution is 0.539. The van der Waals surface area contributed by atoms with Crippen molar-refractivity contribution in [3.05, 3.63) is 28.2 Å². The highest BCUT2D eigenvalue weighted by Gasteiger charge is 2.23. The maximum atomic E-state index is 13.4. The molecule has 0 saturated heterocycles. The number of nitrogens with one attached hydrogen (secondary N) is 2. The second-order valence-corrected chi connectivity index (χ2v) is 5.71. The zero-order valence-corrected chi connectivity index (χ0v) is 11.2. The third-order valence-electron chi connectivity index (χ3n) is 1.54. The number of sulfonamides is 1.